The van der Waals surface area contributed by atoms with Gasteiger partial charge in [-0.1, -0.05) is 0 Å². The first kappa shape index (κ1) is 15.8. The van der Waals surface area contributed by atoms with Crippen LogP contribution in [0, 0.1) is 0 Å². The quantitative estimate of drug-likeness (QED) is 0.359. The van der Waals surface area contributed by atoms with E-state index in [1.54, 1.807) is 18.4 Å². The summed E-state index contributed by atoms with van der Waals surface area (Å²) in [5, 5.41) is 8.45. The number of hydrogen-bond donors (Lipinski definition) is 2. The van der Waals surface area contributed by atoms with E-state index < -0.39 is 5.97 Å². The van der Waals surface area contributed by atoms with Crippen LogP contribution in [-0.2, 0) is 12.6 Å². The second-order valence-corrected chi connectivity index (χ2v) is 2.37. The zero-order valence-electron chi connectivity index (χ0n) is 7.52. The Hall–Kier alpha value is 0.390. The molecule has 1 rings (SSSR count). The molecule has 0 aliphatic heterocycles. The number of carboxylic acid groups (broad SMARTS) is 1. The van der Waals surface area contributed by atoms with Crippen LogP contribution >= 0.6 is 12.6 Å². The number of rotatable bonds is 1. The van der Waals surface area contributed by atoms with E-state index in [1.165, 1.54) is 12.1 Å². The van der Waals surface area contributed by atoms with Crippen molar-refractivity contribution in [2.24, 2.45) is 0 Å². The predicted octanol–water partition coefficient (Wildman–Crippen LogP) is -1.16. The third-order valence-corrected chi connectivity index (χ3v) is 1.41. The van der Waals surface area contributed by atoms with Crippen molar-refractivity contribution in [2.45, 2.75) is 4.90 Å². The number of carboxylic acids is 1. The van der Waals surface area contributed by atoms with Crippen molar-refractivity contribution in [2.75, 3.05) is 6.26 Å². The van der Waals surface area contributed by atoms with Crippen LogP contribution < -0.4 is 29.6 Å². The molecule has 2 nitrogen and oxygen atoms in total. The van der Waals surface area contributed by atoms with E-state index in [0.717, 1.165) is 4.90 Å². The van der Waals surface area contributed by atoms with Crippen LogP contribution in [0.3, 0.4) is 0 Å². The summed E-state index contributed by atoms with van der Waals surface area (Å²) in [5.41, 5.74) is 0.290. The van der Waals surface area contributed by atoms with Gasteiger partial charge in [0.15, 0.2) is 0 Å². The van der Waals surface area contributed by atoms with E-state index in [1.807, 2.05) is 0 Å². The standard InChI is InChI=1S/C7H6O2S.CH4S.Na/c8-7(9)5-1-3-6(10)4-2-5;1-2;/h1-4,10H,(H,8,9);2H,1H3;/q;;+1/p-1. The Kier molecular flexibility index (Phi) is 10.9. The molecule has 0 unspecified atom stereocenters. The summed E-state index contributed by atoms with van der Waals surface area (Å²) in [6.07, 6.45) is 1.58. The first-order chi connectivity index (χ1) is 5.70. The molecule has 1 aromatic carbocycles. The monoisotopic (exact) mass is 224 g/mol. The summed E-state index contributed by atoms with van der Waals surface area (Å²) < 4.78 is 0. The summed E-state index contributed by atoms with van der Waals surface area (Å²) in [6, 6.07) is 6.33. The second kappa shape index (κ2) is 8.97. The van der Waals surface area contributed by atoms with Gasteiger partial charge < -0.3 is 17.7 Å². The van der Waals surface area contributed by atoms with E-state index >= 15 is 0 Å². The van der Waals surface area contributed by atoms with Gasteiger partial charge >= 0.3 is 35.5 Å². The molecule has 0 fully saturated rings. The van der Waals surface area contributed by atoms with Crippen molar-refractivity contribution in [3.8, 4) is 0 Å². The SMILES string of the molecule is C[S-].O=C(O)c1ccc(S)cc1.[Na+]. The van der Waals surface area contributed by atoms with Gasteiger partial charge in [0.05, 0.1) is 5.56 Å². The first-order valence-electron chi connectivity index (χ1n) is 3.13. The minimum Gasteiger partial charge on any atom is -0.796 e. The molecule has 0 aliphatic rings. The Labute approximate surface area is 111 Å². The number of thiol groups is 1. The largest absolute Gasteiger partial charge is 1.00 e. The normalized spacial score (nSPS) is 7.62. The molecule has 0 aromatic heterocycles. The Morgan fingerprint density at radius 2 is 1.69 bits per heavy atom. The summed E-state index contributed by atoms with van der Waals surface area (Å²) in [4.78, 5) is 11.1. The van der Waals surface area contributed by atoms with Crippen LogP contribution in [0.15, 0.2) is 29.2 Å². The molecule has 0 heterocycles. The van der Waals surface area contributed by atoms with Gasteiger partial charge in [0, 0.05) is 4.90 Å². The van der Waals surface area contributed by atoms with Crippen LogP contribution in [0.25, 0.3) is 0 Å². The molecule has 0 radical (unpaired) electrons. The van der Waals surface area contributed by atoms with Gasteiger partial charge in [-0.2, -0.15) is 6.26 Å². The number of hydrogen-bond acceptors (Lipinski definition) is 3. The third kappa shape index (κ3) is 6.46. The van der Waals surface area contributed by atoms with Crippen molar-refractivity contribution in [3.63, 3.8) is 0 Å². The van der Waals surface area contributed by atoms with Gasteiger partial charge in [0.25, 0.3) is 0 Å². The molecule has 0 bridgehead atoms. The Morgan fingerprint density at radius 3 is 2.00 bits per heavy atom. The maximum atomic E-state index is 10.3. The number of carbonyl (C=O) groups is 1. The van der Waals surface area contributed by atoms with Crippen LogP contribution in [0.1, 0.15) is 10.4 Å². The minimum absolute atomic E-state index is 0. The minimum atomic E-state index is -0.909. The van der Waals surface area contributed by atoms with Crippen molar-refractivity contribution >= 4 is 31.2 Å². The van der Waals surface area contributed by atoms with E-state index in [4.69, 9.17) is 5.11 Å². The molecule has 0 amide bonds. The van der Waals surface area contributed by atoms with Gasteiger partial charge in [-0.15, -0.1) is 12.6 Å². The van der Waals surface area contributed by atoms with Crippen LogP contribution in [0.4, 0.5) is 0 Å². The Balaban J connectivity index is 0. The van der Waals surface area contributed by atoms with Crippen LogP contribution in [0.5, 0.6) is 0 Å². The second-order valence-electron chi connectivity index (χ2n) is 1.85. The van der Waals surface area contributed by atoms with Gasteiger partial charge in [-0.3, -0.25) is 0 Å². The Morgan fingerprint density at radius 1 is 1.31 bits per heavy atom. The number of aromatic carboxylic acids is 1. The van der Waals surface area contributed by atoms with Gasteiger partial charge in [0.2, 0.25) is 0 Å². The summed E-state index contributed by atoms with van der Waals surface area (Å²) in [5.74, 6) is -0.909. The zero-order valence-corrected chi connectivity index (χ0v) is 11.2. The topological polar surface area (TPSA) is 37.3 Å². The maximum absolute atomic E-state index is 10.3. The van der Waals surface area contributed by atoms with E-state index in [2.05, 4.69) is 25.3 Å². The van der Waals surface area contributed by atoms with E-state index in [9.17, 15) is 4.79 Å². The molecule has 0 atom stereocenters. The predicted molar refractivity (Wildman–Crippen MR) is 53.9 cm³/mol. The fourth-order valence-electron chi connectivity index (χ4n) is 0.604. The molecule has 0 saturated carbocycles. The van der Waals surface area contributed by atoms with Crippen molar-refractivity contribution in [1.29, 1.82) is 0 Å². The van der Waals surface area contributed by atoms with Crippen molar-refractivity contribution in [1.82, 2.24) is 0 Å². The molecular weight excluding hydrogens is 215 g/mol. The van der Waals surface area contributed by atoms with Gasteiger partial charge in [-0.25, -0.2) is 4.79 Å². The molecule has 5 heteroatoms. The van der Waals surface area contributed by atoms with Crippen LogP contribution in [0.2, 0.25) is 0 Å². The molecule has 1 aromatic rings. The molecule has 0 saturated heterocycles. The average Bonchev–Trinajstić information content (AvgIpc) is 2.09. The zero-order chi connectivity index (χ0) is 9.56. The van der Waals surface area contributed by atoms with E-state index in [0.29, 0.717) is 0 Å². The molecule has 66 valence electrons. The van der Waals surface area contributed by atoms with Crippen molar-refractivity contribution < 1.29 is 39.5 Å². The van der Waals surface area contributed by atoms with Gasteiger partial charge in [0.1, 0.15) is 0 Å². The molecule has 0 spiro atoms. The fourth-order valence-corrected chi connectivity index (χ4v) is 0.753. The average molecular weight is 224 g/mol. The Bertz CT molecular complexity index is 249. The molecule has 13 heavy (non-hydrogen) atoms. The molecule has 0 aliphatic carbocycles. The van der Waals surface area contributed by atoms with Crippen molar-refractivity contribution in [3.05, 3.63) is 29.8 Å². The number of benzene rings is 1. The summed E-state index contributed by atoms with van der Waals surface area (Å²) in [7, 11) is 0. The fraction of sp³-hybridized carbons (Fsp3) is 0.125. The summed E-state index contributed by atoms with van der Waals surface area (Å²) >= 11 is 8.09. The van der Waals surface area contributed by atoms with Crippen LogP contribution in [-0.4, -0.2) is 17.3 Å². The maximum Gasteiger partial charge on any atom is 1.00 e. The molecule has 1 N–H and O–H groups in total. The van der Waals surface area contributed by atoms with E-state index in [-0.39, 0.29) is 35.1 Å². The third-order valence-electron chi connectivity index (χ3n) is 1.11. The molecular formula is C8H9NaO2S2. The van der Waals surface area contributed by atoms with Gasteiger partial charge in [-0.05, 0) is 24.3 Å². The summed E-state index contributed by atoms with van der Waals surface area (Å²) in [6.45, 7) is 0. The smallest absolute Gasteiger partial charge is 0.796 e. The first-order valence-corrected chi connectivity index (χ1v) is 4.39.